The second kappa shape index (κ2) is 9.98. The number of nitrogens with zero attached hydrogens (tertiary/aromatic N) is 2. The Hall–Kier alpha value is -3.82. The molecule has 0 spiro atoms. The van der Waals surface area contributed by atoms with Crippen molar-refractivity contribution in [3.05, 3.63) is 59.7 Å². The quantitative estimate of drug-likeness (QED) is 0.398. The fourth-order valence-electron chi connectivity index (χ4n) is 3.05. The number of rotatable bonds is 8. The summed E-state index contributed by atoms with van der Waals surface area (Å²) < 4.78 is 56.7. The van der Waals surface area contributed by atoms with E-state index in [2.05, 4.69) is 10.1 Å². The third kappa shape index (κ3) is 6.15. The summed E-state index contributed by atoms with van der Waals surface area (Å²) in [7, 11) is 0. The highest BCUT2D eigenvalue weighted by Gasteiger charge is 2.35. The van der Waals surface area contributed by atoms with Crippen molar-refractivity contribution in [2.75, 3.05) is 0 Å². The molecule has 3 aromatic rings. The number of carboxylic acid groups (broad SMARTS) is 1. The largest absolute Gasteiger partial charge is 0.490 e. The molecule has 1 aromatic heterocycles. The van der Waals surface area contributed by atoms with Crippen LogP contribution in [0.15, 0.2) is 58.6 Å². The minimum absolute atomic E-state index is 0.000159. The molecule has 34 heavy (non-hydrogen) atoms. The molecule has 3 rings (SSSR count). The van der Waals surface area contributed by atoms with Crippen molar-refractivity contribution in [3.8, 4) is 34.3 Å². The molecule has 1 N–H and O–H groups in total. The lowest BCUT2D eigenvalue weighted by Gasteiger charge is -2.16. The Kier molecular flexibility index (Phi) is 7.29. The molecule has 1 atom stereocenters. The maximum Gasteiger partial charge on any atom is 0.419 e. The fraction of sp³-hybridized carbons (Fsp3) is 0.292. The van der Waals surface area contributed by atoms with E-state index in [1.807, 2.05) is 0 Å². The van der Waals surface area contributed by atoms with Crippen molar-refractivity contribution in [1.82, 2.24) is 10.1 Å². The predicted molar refractivity (Wildman–Crippen MR) is 117 cm³/mol. The van der Waals surface area contributed by atoms with Gasteiger partial charge in [-0.2, -0.15) is 18.2 Å². The van der Waals surface area contributed by atoms with E-state index in [1.54, 1.807) is 45.0 Å². The van der Waals surface area contributed by atoms with Crippen LogP contribution in [0.1, 0.15) is 33.3 Å². The number of hydrogen-bond acceptors (Lipinski definition) is 6. The molecule has 1 heterocycles. The summed E-state index contributed by atoms with van der Waals surface area (Å²) in [4.78, 5) is 15.1. The van der Waals surface area contributed by atoms with Crippen molar-refractivity contribution in [2.45, 2.75) is 46.1 Å². The van der Waals surface area contributed by atoms with Crippen molar-refractivity contribution in [2.24, 2.45) is 0 Å². The van der Waals surface area contributed by atoms with E-state index in [4.69, 9.17) is 19.1 Å². The van der Waals surface area contributed by atoms with Gasteiger partial charge in [0.25, 0.3) is 5.89 Å². The smallest absolute Gasteiger partial charge is 0.419 e. The minimum Gasteiger partial charge on any atom is -0.490 e. The number of hydrogen-bond donors (Lipinski definition) is 1. The molecule has 0 fully saturated rings. The van der Waals surface area contributed by atoms with Gasteiger partial charge >= 0.3 is 12.1 Å². The average molecular weight is 476 g/mol. The molecule has 0 aliphatic rings. The number of halogens is 3. The lowest BCUT2D eigenvalue weighted by atomic mass is 10.1. The van der Waals surface area contributed by atoms with Crippen LogP contribution < -0.4 is 9.47 Å². The standard InChI is InChI=1S/C24H23F3N2O5/c1-13(2)32-20-10-7-17(12-19(20)24(25,26)27)21-28-22(34-29-21)16-5-8-18(9-6-16)33-15(4)11-14(3)23(30)31/h5-13,15H,1-4H3,(H,30,31)/b14-11+. The lowest BCUT2D eigenvalue weighted by Crippen LogP contribution is -2.13. The summed E-state index contributed by atoms with van der Waals surface area (Å²) in [5.41, 5.74) is -0.0903. The van der Waals surface area contributed by atoms with Gasteiger partial charge in [-0.05, 0) is 76.2 Å². The zero-order chi connectivity index (χ0) is 25.0. The molecule has 0 aliphatic carbocycles. The zero-order valence-corrected chi connectivity index (χ0v) is 18.9. The first-order valence-corrected chi connectivity index (χ1v) is 10.3. The van der Waals surface area contributed by atoms with E-state index >= 15 is 0 Å². The molecular formula is C24H23F3N2O5. The monoisotopic (exact) mass is 476 g/mol. The first-order chi connectivity index (χ1) is 15.9. The van der Waals surface area contributed by atoms with E-state index in [-0.39, 0.29) is 28.6 Å². The molecule has 7 nitrogen and oxygen atoms in total. The predicted octanol–water partition coefficient (Wildman–Crippen LogP) is 6.01. The Morgan fingerprint density at radius 2 is 1.71 bits per heavy atom. The number of benzene rings is 2. The zero-order valence-electron chi connectivity index (χ0n) is 18.9. The summed E-state index contributed by atoms with van der Waals surface area (Å²) in [5, 5.41) is 12.7. The first kappa shape index (κ1) is 24.8. The summed E-state index contributed by atoms with van der Waals surface area (Å²) in [6.45, 7) is 6.47. The molecule has 0 saturated carbocycles. The highest BCUT2D eigenvalue weighted by molar-refractivity contribution is 5.85. The number of carbonyl (C=O) groups is 1. The van der Waals surface area contributed by atoms with Crippen molar-refractivity contribution in [3.63, 3.8) is 0 Å². The number of aromatic nitrogens is 2. The Morgan fingerprint density at radius 1 is 1.06 bits per heavy atom. The minimum atomic E-state index is -4.61. The van der Waals surface area contributed by atoms with E-state index in [9.17, 15) is 18.0 Å². The highest BCUT2D eigenvalue weighted by Crippen LogP contribution is 2.39. The van der Waals surface area contributed by atoms with E-state index in [0.29, 0.717) is 11.3 Å². The van der Waals surface area contributed by atoms with Gasteiger partial charge in [-0.25, -0.2) is 4.79 Å². The van der Waals surface area contributed by atoms with Crippen LogP contribution in [0.5, 0.6) is 11.5 Å². The van der Waals surface area contributed by atoms with Crippen LogP contribution >= 0.6 is 0 Å². The number of ether oxygens (including phenoxy) is 2. The summed E-state index contributed by atoms with van der Waals surface area (Å²) in [6.07, 6.45) is -4.02. The topological polar surface area (TPSA) is 94.7 Å². The van der Waals surface area contributed by atoms with Gasteiger partial charge in [0.1, 0.15) is 17.6 Å². The maximum absolute atomic E-state index is 13.5. The Morgan fingerprint density at radius 3 is 2.29 bits per heavy atom. The number of alkyl halides is 3. The molecule has 0 bridgehead atoms. The van der Waals surface area contributed by atoms with Gasteiger partial charge in [-0.3, -0.25) is 0 Å². The second-order valence-electron chi connectivity index (χ2n) is 7.80. The normalized spacial score (nSPS) is 13.1. The summed E-state index contributed by atoms with van der Waals surface area (Å²) in [5.74, 6) is -0.691. The number of carboxylic acids is 1. The van der Waals surface area contributed by atoms with E-state index in [0.717, 1.165) is 6.07 Å². The third-order valence-electron chi connectivity index (χ3n) is 4.58. The van der Waals surface area contributed by atoms with E-state index < -0.39 is 29.9 Å². The van der Waals surface area contributed by atoms with Crippen LogP contribution in [0, 0.1) is 0 Å². The van der Waals surface area contributed by atoms with Crippen molar-refractivity contribution < 1.29 is 37.1 Å². The van der Waals surface area contributed by atoms with Gasteiger partial charge in [0.15, 0.2) is 0 Å². The van der Waals surface area contributed by atoms with Crippen LogP contribution in [0.25, 0.3) is 22.8 Å². The van der Waals surface area contributed by atoms with Crippen LogP contribution in [0.3, 0.4) is 0 Å². The van der Waals surface area contributed by atoms with E-state index in [1.165, 1.54) is 25.1 Å². The maximum atomic E-state index is 13.5. The Labute approximate surface area is 193 Å². The van der Waals surface area contributed by atoms with Crippen LogP contribution in [-0.4, -0.2) is 33.4 Å². The molecule has 10 heteroatoms. The highest BCUT2D eigenvalue weighted by atomic mass is 19.4. The average Bonchev–Trinajstić information content (AvgIpc) is 3.23. The molecule has 1 unspecified atom stereocenters. The van der Waals surface area contributed by atoms with Crippen molar-refractivity contribution in [1.29, 1.82) is 0 Å². The molecule has 180 valence electrons. The van der Waals surface area contributed by atoms with Crippen molar-refractivity contribution >= 4 is 5.97 Å². The Balaban J connectivity index is 1.80. The number of aliphatic carboxylic acids is 1. The van der Waals surface area contributed by atoms with Crippen LogP contribution in [0.2, 0.25) is 0 Å². The Bertz CT molecular complexity index is 1180. The summed E-state index contributed by atoms with van der Waals surface area (Å²) in [6, 6.07) is 10.2. The molecule has 0 saturated heterocycles. The van der Waals surface area contributed by atoms with Gasteiger partial charge in [0.2, 0.25) is 5.82 Å². The molecule has 0 amide bonds. The van der Waals surface area contributed by atoms with Crippen LogP contribution in [-0.2, 0) is 11.0 Å². The second-order valence-corrected chi connectivity index (χ2v) is 7.80. The molecule has 2 aromatic carbocycles. The van der Waals surface area contributed by atoms with Gasteiger partial charge in [0.05, 0.1) is 11.7 Å². The SMILES string of the molecule is C/C(=C\C(C)Oc1ccc(-c2nc(-c3ccc(OC(C)C)c(C(F)(F)F)c3)no2)cc1)C(=O)O. The van der Waals surface area contributed by atoms with Gasteiger partial charge < -0.3 is 19.1 Å². The summed E-state index contributed by atoms with van der Waals surface area (Å²) >= 11 is 0. The first-order valence-electron chi connectivity index (χ1n) is 10.3. The fourth-order valence-corrected chi connectivity index (χ4v) is 3.05. The molecular weight excluding hydrogens is 453 g/mol. The lowest BCUT2D eigenvalue weighted by molar-refractivity contribution is -0.139. The third-order valence-corrected chi connectivity index (χ3v) is 4.58. The molecule has 0 aliphatic heterocycles. The van der Waals surface area contributed by atoms with Gasteiger partial charge in [-0.15, -0.1) is 0 Å². The van der Waals surface area contributed by atoms with Crippen LogP contribution in [0.4, 0.5) is 13.2 Å². The van der Waals surface area contributed by atoms with Gasteiger partial charge in [0, 0.05) is 16.7 Å². The van der Waals surface area contributed by atoms with Gasteiger partial charge in [-0.1, -0.05) is 5.16 Å². The molecule has 0 radical (unpaired) electrons.